The van der Waals surface area contributed by atoms with E-state index >= 15 is 0 Å². The number of ether oxygens (including phenoxy) is 1. The van der Waals surface area contributed by atoms with Gasteiger partial charge in [-0.05, 0) is 35.6 Å². The second-order valence-corrected chi connectivity index (χ2v) is 6.08. The van der Waals surface area contributed by atoms with Crippen LogP contribution in [0.3, 0.4) is 0 Å². The summed E-state index contributed by atoms with van der Waals surface area (Å²) in [4.78, 5) is 4.13. The van der Waals surface area contributed by atoms with Crippen LogP contribution in [0.25, 0.3) is 0 Å². The van der Waals surface area contributed by atoms with Gasteiger partial charge in [0.15, 0.2) is 0 Å². The van der Waals surface area contributed by atoms with E-state index in [0.717, 1.165) is 11.3 Å². The average molecular weight is 276 g/mol. The number of pyridine rings is 1. The third-order valence-electron chi connectivity index (χ3n) is 2.96. The van der Waals surface area contributed by atoms with Crippen LogP contribution in [0.4, 0.5) is 0 Å². The molecule has 0 fully saturated rings. The summed E-state index contributed by atoms with van der Waals surface area (Å²) < 4.78 is 5.76. The summed E-state index contributed by atoms with van der Waals surface area (Å²) in [6, 6.07) is 9.78. The number of rotatable bonds is 2. The van der Waals surface area contributed by atoms with E-state index in [9.17, 15) is 0 Å². The molecule has 2 nitrogen and oxygen atoms in total. The minimum absolute atomic E-state index is 0.141. The number of aromatic nitrogens is 1. The van der Waals surface area contributed by atoms with E-state index < -0.39 is 0 Å². The molecule has 2 rings (SSSR count). The lowest BCUT2D eigenvalue weighted by Gasteiger charge is -2.20. The molecule has 0 atom stereocenters. The summed E-state index contributed by atoms with van der Waals surface area (Å²) in [7, 11) is 0. The Labute approximate surface area is 119 Å². The molecule has 0 spiro atoms. The predicted molar refractivity (Wildman–Crippen MR) is 79.2 cm³/mol. The first-order valence-electron chi connectivity index (χ1n) is 6.27. The minimum Gasteiger partial charge on any atom is -0.439 e. The van der Waals surface area contributed by atoms with Gasteiger partial charge in [-0.25, -0.2) is 4.98 Å². The normalized spacial score (nSPS) is 11.4. The van der Waals surface area contributed by atoms with Gasteiger partial charge in [-0.1, -0.05) is 44.5 Å². The van der Waals surface area contributed by atoms with Crippen LogP contribution in [0, 0.1) is 6.92 Å². The smallest absolute Gasteiger partial charge is 0.219 e. The number of halogens is 1. The van der Waals surface area contributed by atoms with Crippen molar-refractivity contribution in [1.82, 2.24) is 4.98 Å². The second-order valence-electron chi connectivity index (χ2n) is 5.65. The summed E-state index contributed by atoms with van der Waals surface area (Å²) >= 11 is 5.80. The van der Waals surface area contributed by atoms with Crippen molar-refractivity contribution in [2.24, 2.45) is 0 Å². The van der Waals surface area contributed by atoms with Crippen molar-refractivity contribution in [1.29, 1.82) is 0 Å². The van der Waals surface area contributed by atoms with Crippen LogP contribution in [0.5, 0.6) is 11.6 Å². The van der Waals surface area contributed by atoms with Gasteiger partial charge in [0.2, 0.25) is 5.88 Å². The molecule has 2 aromatic rings. The van der Waals surface area contributed by atoms with Crippen molar-refractivity contribution in [3.05, 3.63) is 52.7 Å². The Kier molecular flexibility index (Phi) is 3.81. The first-order valence-corrected chi connectivity index (χ1v) is 6.64. The quantitative estimate of drug-likeness (QED) is 0.758. The maximum atomic E-state index is 5.80. The van der Waals surface area contributed by atoms with Crippen LogP contribution in [0.2, 0.25) is 5.02 Å². The van der Waals surface area contributed by atoms with Crippen LogP contribution >= 0.6 is 11.6 Å². The fourth-order valence-corrected chi connectivity index (χ4v) is 1.88. The lowest BCUT2D eigenvalue weighted by molar-refractivity contribution is 0.458. The van der Waals surface area contributed by atoms with E-state index in [1.807, 2.05) is 13.0 Å². The van der Waals surface area contributed by atoms with Gasteiger partial charge in [0.05, 0.1) is 5.02 Å². The molecule has 0 bridgehead atoms. The maximum Gasteiger partial charge on any atom is 0.219 e. The van der Waals surface area contributed by atoms with Crippen LogP contribution < -0.4 is 4.74 Å². The Morgan fingerprint density at radius 1 is 1.11 bits per heavy atom. The lowest BCUT2D eigenvalue weighted by atomic mass is 9.86. The van der Waals surface area contributed by atoms with Crippen molar-refractivity contribution in [2.75, 3.05) is 0 Å². The molecule has 19 heavy (non-hydrogen) atoms. The summed E-state index contributed by atoms with van der Waals surface area (Å²) in [5, 5.41) is 0.604. The van der Waals surface area contributed by atoms with Crippen molar-refractivity contribution in [3.8, 4) is 11.6 Å². The maximum absolute atomic E-state index is 5.80. The van der Waals surface area contributed by atoms with Gasteiger partial charge in [-0.2, -0.15) is 0 Å². The van der Waals surface area contributed by atoms with E-state index in [-0.39, 0.29) is 5.41 Å². The average Bonchev–Trinajstić information content (AvgIpc) is 2.33. The molecular formula is C16H18ClNO. The molecule has 1 aromatic carbocycles. The topological polar surface area (TPSA) is 22.1 Å². The first-order chi connectivity index (χ1) is 8.86. The third-order valence-corrected chi connectivity index (χ3v) is 3.18. The monoisotopic (exact) mass is 275 g/mol. The zero-order valence-electron chi connectivity index (χ0n) is 11.7. The van der Waals surface area contributed by atoms with Crippen LogP contribution in [0.15, 0.2) is 36.5 Å². The van der Waals surface area contributed by atoms with Gasteiger partial charge in [-0.3, -0.25) is 0 Å². The number of aryl methyl sites for hydroxylation is 1. The zero-order valence-corrected chi connectivity index (χ0v) is 12.5. The van der Waals surface area contributed by atoms with Crippen molar-refractivity contribution in [2.45, 2.75) is 33.1 Å². The molecule has 0 unspecified atom stereocenters. The van der Waals surface area contributed by atoms with E-state index in [1.54, 1.807) is 18.3 Å². The molecule has 0 saturated heterocycles. The molecule has 0 radical (unpaired) electrons. The Morgan fingerprint density at radius 2 is 1.84 bits per heavy atom. The van der Waals surface area contributed by atoms with E-state index in [1.165, 1.54) is 5.56 Å². The van der Waals surface area contributed by atoms with Crippen molar-refractivity contribution < 1.29 is 4.74 Å². The van der Waals surface area contributed by atoms with Gasteiger partial charge in [0.25, 0.3) is 0 Å². The van der Waals surface area contributed by atoms with E-state index in [4.69, 9.17) is 16.3 Å². The molecule has 0 aliphatic carbocycles. The molecular weight excluding hydrogens is 258 g/mol. The van der Waals surface area contributed by atoms with Gasteiger partial charge < -0.3 is 4.74 Å². The van der Waals surface area contributed by atoms with E-state index in [2.05, 4.69) is 37.9 Å². The molecule has 0 amide bonds. The van der Waals surface area contributed by atoms with Crippen molar-refractivity contribution in [3.63, 3.8) is 0 Å². The zero-order chi connectivity index (χ0) is 14.0. The van der Waals surface area contributed by atoms with Gasteiger partial charge >= 0.3 is 0 Å². The molecule has 0 N–H and O–H groups in total. The Morgan fingerprint density at radius 3 is 2.37 bits per heavy atom. The second kappa shape index (κ2) is 5.22. The van der Waals surface area contributed by atoms with Crippen molar-refractivity contribution >= 4 is 11.6 Å². The summed E-state index contributed by atoms with van der Waals surface area (Å²) in [6.07, 6.45) is 1.58. The molecule has 1 aromatic heterocycles. The number of nitrogens with zero attached hydrogens (tertiary/aromatic N) is 1. The molecule has 3 heteroatoms. The largest absolute Gasteiger partial charge is 0.439 e. The Hall–Kier alpha value is -1.54. The van der Waals surface area contributed by atoms with Crippen LogP contribution in [0.1, 0.15) is 31.9 Å². The molecule has 1 heterocycles. The Balaban J connectivity index is 2.24. The lowest BCUT2D eigenvalue weighted by Crippen LogP contribution is -2.11. The highest BCUT2D eigenvalue weighted by Gasteiger charge is 2.15. The van der Waals surface area contributed by atoms with Crippen LogP contribution in [-0.2, 0) is 5.41 Å². The number of hydrogen-bond donors (Lipinski definition) is 0. The molecule has 0 aliphatic heterocycles. The highest BCUT2D eigenvalue weighted by molar-refractivity contribution is 6.30. The standard InChI is InChI=1S/C16H18ClNO/c1-11-9-12(16(2,3)4)5-7-14(11)19-15-8-6-13(17)10-18-15/h5-10H,1-4H3. The Bertz CT molecular complexity index is 570. The first kappa shape index (κ1) is 13.9. The fraction of sp³-hybridized carbons (Fsp3) is 0.312. The predicted octanol–water partition coefficient (Wildman–Crippen LogP) is 5.13. The molecule has 0 aliphatic rings. The summed E-state index contributed by atoms with van der Waals surface area (Å²) in [5.41, 5.74) is 2.53. The number of hydrogen-bond acceptors (Lipinski definition) is 2. The third kappa shape index (κ3) is 3.48. The molecule has 0 saturated carbocycles. The highest BCUT2D eigenvalue weighted by Crippen LogP contribution is 2.29. The van der Waals surface area contributed by atoms with E-state index in [0.29, 0.717) is 10.9 Å². The fourth-order valence-electron chi connectivity index (χ4n) is 1.77. The van der Waals surface area contributed by atoms with Gasteiger partial charge in [-0.15, -0.1) is 0 Å². The number of benzene rings is 1. The minimum atomic E-state index is 0.141. The summed E-state index contributed by atoms with van der Waals surface area (Å²) in [6.45, 7) is 8.63. The van der Waals surface area contributed by atoms with Gasteiger partial charge in [0.1, 0.15) is 5.75 Å². The molecule has 100 valence electrons. The van der Waals surface area contributed by atoms with Gasteiger partial charge in [0, 0.05) is 12.3 Å². The highest BCUT2D eigenvalue weighted by atomic mass is 35.5. The SMILES string of the molecule is Cc1cc(C(C)(C)C)ccc1Oc1ccc(Cl)cn1. The van der Waals surface area contributed by atoms with Crippen LogP contribution in [-0.4, -0.2) is 4.98 Å². The summed E-state index contributed by atoms with van der Waals surface area (Å²) in [5.74, 6) is 1.37.